The van der Waals surface area contributed by atoms with E-state index in [1.807, 2.05) is 4.68 Å². The van der Waals surface area contributed by atoms with Gasteiger partial charge in [0, 0.05) is 29.2 Å². The van der Waals surface area contributed by atoms with E-state index in [0.717, 1.165) is 31.2 Å². The number of hydrogen-bond donors (Lipinski definition) is 3. The Bertz CT molecular complexity index is 961. The number of nitrogens with two attached hydrogens (primary N) is 1. The number of nitrogens with zero attached hydrogens (tertiary/aromatic N) is 2. The standard InChI is InChI=1S/C18H19FN4O2/c19-10-1-6-16-13(7-10)14-8-21-9-15(18(20)25)17(14)23(16)22-11-2-4-12(24)5-3-11/h1,6-9,11-12,22,24H,2-5H2,(H2,20,25). The maximum Gasteiger partial charge on any atom is 0.252 e. The van der Waals surface area contributed by atoms with Gasteiger partial charge >= 0.3 is 0 Å². The summed E-state index contributed by atoms with van der Waals surface area (Å²) in [5.41, 5.74) is 10.6. The number of aliphatic hydroxyl groups excluding tert-OH is 1. The van der Waals surface area contributed by atoms with Crippen LogP contribution in [0.25, 0.3) is 21.8 Å². The Morgan fingerprint density at radius 1 is 1.24 bits per heavy atom. The fourth-order valence-corrected chi connectivity index (χ4v) is 3.63. The highest BCUT2D eigenvalue weighted by molar-refractivity contribution is 6.15. The first-order valence-corrected chi connectivity index (χ1v) is 8.36. The summed E-state index contributed by atoms with van der Waals surface area (Å²) in [4.78, 5) is 16.0. The number of halogens is 1. The molecule has 0 bridgehead atoms. The van der Waals surface area contributed by atoms with Crippen molar-refractivity contribution in [3.8, 4) is 0 Å². The van der Waals surface area contributed by atoms with Crippen molar-refractivity contribution in [3.05, 3.63) is 42.0 Å². The Morgan fingerprint density at radius 3 is 2.72 bits per heavy atom. The monoisotopic (exact) mass is 342 g/mol. The maximum atomic E-state index is 13.8. The van der Waals surface area contributed by atoms with Crippen LogP contribution in [0.5, 0.6) is 0 Å². The molecule has 7 heteroatoms. The first kappa shape index (κ1) is 15.8. The highest BCUT2D eigenvalue weighted by Crippen LogP contribution is 2.31. The Kier molecular flexibility index (Phi) is 3.80. The second-order valence-corrected chi connectivity index (χ2v) is 6.58. The number of aliphatic hydroxyl groups is 1. The van der Waals surface area contributed by atoms with Gasteiger partial charge in [0.1, 0.15) is 5.82 Å². The molecule has 0 saturated heterocycles. The minimum atomic E-state index is -0.580. The van der Waals surface area contributed by atoms with Crippen LogP contribution < -0.4 is 11.2 Å². The maximum absolute atomic E-state index is 13.8. The fraction of sp³-hybridized carbons (Fsp3) is 0.333. The molecule has 0 unspecified atom stereocenters. The van der Waals surface area contributed by atoms with Gasteiger partial charge in [0.2, 0.25) is 0 Å². The smallest absolute Gasteiger partial charge is 0.252 e. The summed E-state index contributed by atoms with van der Waals surface area (Å²) in [6.07, 6.45) is 5.90. The van der Waals surface area contributed by atoms with E-state index in [9.17, 15) is 14.3 Å². The van der Waals surface area contributed by atoms with Crippen molar-refractivity contribution in [3.63, 3.8) is 0 Å². The number of nitrogens with one attached hydrogen (secondary N) is 1. The summed E-state index contributed by atoms with van der Waals surface area (Å²) in [5, 5.41) is 11.0. The zero-order chi connectivity index (χ0) is 17.6. The Morgan fingerprint density at radius 2 is 2.00 bits per heavy atom. The quantitative estimate of drug-likeness (QED) is 0.681. The van der Waals surface area contributed by atoms with Crippen LogP contribution in [0.15, 0.2) is 30.6 Å². The van der Waals surface area contributed by atoms with Crippen molar-refractivity contribution in [2.75, 3.05) is 5.43 Å². The number of pyridine rings is 1. The number of rotatable bonds is 3. The number of primary amides is 1. The highest BCUT2D eigenvalue weighted by Gasteiger charge is 2.23. The molecule has 4 N–H and O–H groups in total. The second kappa shape index (κ2) is 6.00. The van der Waals surface area contributed by atoms with E-state index >= 15 is 0 Å². The lowest BCUT2D eigenvalue weighted by Gasteiger charge is -2.28. The van der Waals surface area contributed by atoms with Gasteiger partial charge in [-0.15, -0.1) is 0 Å². The van der Waals surface area contributed by atoms with Gasteiger partial charge in [0.15, 0.2) is 0 Å². The molecule has 0 radical (unpaired) electrons. The van der Waals surface area contributed by atoms with Crippen LogP contribution >= 0.6 is 0 Å². The molecule has 1 aliphatic rings. The van der Waals surface area contributed by atoms with Gasteiger partial charge in [-0.05, 0) is 43.9 Å². The molecule has 3 aromatic rings. The van der Waals surface area contributed by atoms with E-state index in [0.29, 0.717) is 16.3 Å². The van der Waals surface area contributed by atoms with E-state index in [-0.39, 0.29) is 23.5 Å². The third-order valence-corrected chi connectivity index (χ3v) is 4.90. The van der Waals surface area contributed by atoms with Gasteiger partial charge in [0.05, 0.1) is 22.7 Å². The normalized spacial score (nSPS) is 20.9. The van der Waals surface area contributed by atoms with Crippen molar-refractivity contribution in [2.45, 2.75) is 37.8 Å². The highest BCUT2D eigenvalue weighted by atomic mass is 19.1. The summed E-state index contributed by atoms with van der Waals surface area (Å²) in [7, 11) is 0. The third-order valence-electron chi connectivity index (χ3n) is 4.90. The van der Waals surface area contributed by atoms with Gasteiger partial charge in [-0.2, -0.15) is 0 Å². The molecule has 1 saturated carbocycles. The molecule has 25 heavy (non-hydrogen) atoms. The zero-order valence-corrected chi connectivity index (χ0v) is 13.6. The van der Waals surface area contributed by atoms with Crippen LogP contribution in [0.1, 0.15) is 36.0 Å². The lowest BCUT2D eigenvalue weighted by Crippen LogP contribution is -2.33. The molecule has 1 amide bonds. The molecule has 130 valence electrons. The van der Waals surface area contributed by atoms with Gasteiger partial charge < -0.3 is 16.3 Å². The van der Waals surface area contributed by atoms with Crippen molar-refractivity contribution in [1.82, 2.24) is 9.66 Å². The van der Waals surface area contributed by atoms with Gasteiger partial charge in [-0.25, -0.2) is 4.39 Å². The zero-order valence-electron chi connectivity index (χ0n) is 13.6. The largest absolute Gasteiger partial charge is 0.393 e. The summed E-state index contributed by atoms with van der Waals surface area (Å²) < 4.78 is 15.6. The number of fused-ring (bicyclic) bond motifs is 3. The molecular formula is C18H19FN4O2. The molecule has 1 fully saturated rings. The molecule has 6 nitrogen and oxygen atoms in total. The Balaban J connectivity index is 1.91. The fourth-order valence-electron chi connectivity index (χ4n) is 3.63. The molecule has 2 heterocycles. The summed E-state index contributed by atoms with van der Waals surface area (Å²) in [6, 6.07) is 4.66. The van der Waals surface area contributed by atoms with Crippen molar-refractivity contribution in [1.29, 1.82) is 0 Å². The van der Waals surface area contributed by atoms with Gasteiger partial charge in [-0.3, -0.25) is 14.5 Å². The number of carbonyl (C=O) groups is 1. The molecule has 0 aliphatic heterocycles. The van der Waals surface area contributed by atoms with E-state index in [1.54, 1.807) is 12.3 Å². The summed E-state index contributed by atoms with van der Waals surface area (Å²) in [5.74, 6) is -0.930. The molecular weight excluding hydrogens is 323 g/mol. The molecule has 4 rings (SSSR count). The lowest BCUT2D eigenvalue weighted by molar-refractivity contribution is 0.100. The second-order valence-electron chi connectivity index (χ2n) is 6.58. The topological polar surface area (TPSA) is 93.2 Å². The van der Waals surface area contributed by atoms with Crippen LogP contribution in [-0.2, 0) is 0 Å². The Labute approximate surface area is 143 Å². The molecule has 1 aliphatic carbocycles. The number of hydrogen-bond acceptors (Lipinski definition) is 4. The predicted molar refractivity (Wildman–Crippen MR) is 93.3 cm³/mol. The van der Waals surface area contributed by atoms with Crippen LogP contribution in [-0.4, -0.2) is 32.8 Å². The van der Waals surface area contributed by atoms with Crippen LogP contribution in [0.3, 0.4) is 0 Å². The SMILES string of the molecule is NC(=O)c1cncc2c3cc(F)ccc3n(NC3CCC(O)CC3)c12. The number of benzene rings is 1. The molecule has 0 spiro atoms. The first-order chi connectivity index (χ1) is 12.0. The molecule has 2 aromatic heterocycles. The van der Waals surface area contributed by atoms with E-state index in [4.69, 9.17) is 5.73 Å². The summed E-state index contributed by atoms with van der Waals surface area (Å²) in [6.45, 7) is 0. The van der Waals surface area contributed by atoms with Crippen LogP contribution in [0.4, 0.5) is 4.39 Å². The number of amides is 1. The molecule has 0 atom stereocenters. The average Bonchev–Trinajstić information content (AvgIpc) is 2.90. The number of carbonyl (C=O) groups excluding carboxylic acids is 1. The summed E-state index contributed by atoms with van der Waals surface area (Å²) >= 11 is 0. The van der Waals surface area contributed by atoms with Crippen molar-refractivity contribution >= 4 is 27.7 Å². The van der Waals surface area contributed by atoms with Crippen molar-refractivity contribution < 1.29 is 14.3 Å². The van der Waals surface area contributed by atoms with Gasteiger partial charge in [-0.1, -0.05) is 0 Å². The van der Waals surface area contributed by atoms with E-state index in [2.05, 4.69) is 10.4 Å². The van der Waals surface area contributed by atoms with Gasteiger partial charge in [0.25, 0.3) is 5.91 Å². The molecule has 1 aromatic carbocycles. The first-order valence-electron chi connectivity index (χ1n) is 8.36. The van der Waals surface area contributed by atoms with E-state index in [1.165, 1.54) is 18.3 Å². The Hall–Kier alpha value is -2.67. The predicted octanol–water partition coefficient (Wildman–Crippen LogP) is 2.27. The number of aromatic nitrogens is 2. The van der Waals surface area contributed by atoms with E-state index < -0.39 is 5.91 Å². The average molecular weight is 342 g/mol. The van der Waals surface area contributed by atoms with Crippen LogP contribution in [0, 0.1) is 5.82 Å². The minimum absolute atomic E-state index is 0.154. The van der Waals surface area contributed by atoms with Crippen molar-refractivity contribution in [2.24, 2.45) is 5.73 Å². The third kappa shape index (κ3) is 2.70. The minimum Gasteiger partial charge on any atom is -0.393 e. The van der Waals surface area contributed by atoms with Crippen LogP contribution in [0.2, 0.25) is 0 Å². The lowest BCUT2D eigenvalue weighted by atomic mass is 9.94.